The van der Waals surface area contributed by atoms with Gasteiger partial charge in [0.25, 0.3) is 0 Å². The Balaban J connectivity index is 1.66. The van der Waals surface area contributed by atoms with E-state index in [1.807, 2.05) is 0 Å². The summed E-state index contributed by atoms with van der Waals surface area (Å²) in [5, 5.41) is 0.435. The zero-order valence-electron chi connectivity index (χ0n) is 13.4. The van der Waals surface area contributed by atoms with Gasteiger partial charge in [0.1, 0.15) is 5.82 Å². The number of sulfonamides is 1. The summed E-state index contributed by atoms with van der Waals surface area (Å²) in [7, 11) is -3.70. The maximum atomic E-state index is 12.6. The summed E-state index contributed by atoms with van der Waals surface area (Å²) in [6.45, 7) is 0.817. The molecule has 26 heavy (non-hydrogen) atoms. The Morgan fingerprint density at radius 2 is 1.85 bits per heavy atom. The molecule has 1 unspecified atom stereocenters. The molecular formula is C16H15ClF3N3O2S. The van der Waals surface area contributed by atoms with Crippen molar-refractivity contribution in [2.75, 3.05) is 18.0 Å². The highest BCUT2D eigenvalue weighted by Crippen LogP contribution is 2.30. The van der Waals surface area contributed by atoms with Crippen molar-refractivity contribution in [3.63, 3.8) is 0 Å². The number of pyridine rings is 1. The molecule has 10 heteroatoms. The van der Waals surface area contributed by atoms with Gasteiger partial charge >= 0.3 is 6.18 Å². The fraction of sp³-hybridized carbons (Fsp3) is 0.312. The van der Waals surface area contributed by atoms with Gasteiger partial charge in [-0.3, -0.25) is 0 Å². The zero-order valence-corrected chi connectivity index (χ0v) is 14.9. The lowest BCUT2D eigenvalue weighted by atomic mass is 10.3. The van der Waals surface area contributed by atoms with Crippen LogP contribution in [0.4, 0.5) is 19.0 Å². The Labute approximate surface area is 153 Å². The van der Waals surface area contributed by atoms with Crippen molar-refractivity contribution in [1.82, 2.24) is 9.71 Å². The van der Waals surface area contributed by atoms with Crippen LogP contribution < -0.4 is 9.62 Å². The lowest BCUT2D eigenvalue weighted by Gasteiger charge is -2.18. The number of aromatic nitrogens is 1. The summed E-state index contributed by atoms with van der Waals surface area (Å²) in [4.78, 5) is 5.69. The maximum Gasteiger partial charge on any atom is 0.417 e. The molecule has 3 rings (SSSR count). The van der Waals surface area contributed by atoms with Gasteiger partial charge in [0.05, 0.1) is 10.5 Å². The van der Waals surface area contributed by atoms with Crippen LogP contribution in [-0.2, 0) is 16.2 Å². The fourth-order valence-corrected chi connectivity index (χ4v) is 4.09. The van der Waals surface area contributed by atoms with Crippen molar-refractivity contribution in [1.29, 1.82) is 0 Å². The molecule has 1 aliphatic rings. The van der Waals surface area contributed by atoms with E-state index in [9.17, 15) is 21.6 Å². The number of nitrogens with one attached hydrogen (secondary N) is 1. The van der Waals surface area contributed by atoms with Gasteiger partial charge in [-0.2, -0.15) is 13.2 Å². The highest BCUT2D eigenvalue weighted by molar-refractivity contribution is 7.89. The van der Waals surface area contributed by atoms with Crippen molar-refractivity contribution < 1.29 is 21.6 Å². The van der Waals surface area contributed by atoms with Crippen LogP contribution in [0.15, 0.2) is 47.5 Å². The Morgan fingerprint density at radius 3 is 2.42 bits per heavy atom. The predicted molar refractivity (Wildman–Crippen MR) is 91.6 cm³/mol. The quantitative estimate of drug-likeness (QED) is 0.847. The first kappa shape index (κ1) is 18.9. The van der Waals surface area contributed by atoms with Gasteiger partial charge < -0.3 is 4.90 Å². The van der Waals surface area contributed by atoms with Crippen molar-refractivity contribution in [3.05, 3.63) is 53.2 Å². The number of rotatable bonds is 4. The molecule has 1 atom stereocenters. The SMILES string of the molecule is O=S(=O)(NC1CCN(c2ccc(C(F)(F)F)cn2)C1)c1ccc(Cl)cc1. The summed E-state index contributed by atoms with van der Waals surface area (Å²) in [6, 6.07) is 7.70. The monoisotopic (exact) mass is 405 g/mol. The van der Waals surface area contributed by atoms with E-state index in [4.69, 9.17) is 11.6 Å². The van der Waals surface area contributed by atoms with E-state index in [-0.39, 0.29) is 10.9 Å². The number of hydrogen-bond donors (Lipinski definition) is 1. The number of halogens is 4. The normalized spacial score (nSPS) is 18.3. The lowest BCUT2D eigenvalue weighted by Crippen LogP contribution is -2.37. The van der Waals surface area contributed by atoms with Crippen LogP contribution >= 0.6 is 11.6 Å². The van der Waals surface area contributed by atoms with E-state index in [0.29, 0.717) is 30.4 Å². The van der Waals surface area contributed by atoms with Crippen molar-refractivity contribution in [2.24, 2.45) is 0 Å². The van der Waals surface area contributed by atoms with E-state index >= 15 is 0 Å². The second-order valence-electron chi connectivity index (χ2n) is 5.91. The van der Waals surface area contributed by atoms with Gasteiger partial charge in [-0.1, -0.05) is 11.6 Å². The Morgan fingerprint density at radius 1 is 1.15 bits per heavy atom. The van der Waals surface area contributed by atoms with E-state index in [1.165, 1.54) is 30.3 Å². The van der Waals surface area contributed by atoms with Crippen LogP contribution in [0.3, 0.4) is 0 Å². The minimum absolute atomic E-state index is 0.105. The number of anilines is 1. The minimum Gasteiger partial charge on any atom is -0.355 e. The molecule has 0 amide bonds. The molecule has 0 bridgehead atoms. The minimum atomic E-state index is -4.44. The molecule has 140 valence electrons. The van der Waals surface area contributed by atoms with Crippen LogP contribution in [0.25, 0.3) is 0 Å². The molecule has 0 aliphatic carbocycles. The summed E-state index contributed by atoms with van der Waals surface area (Å²) in [6.07, 6.45) is -3.14. The maximum absolute atomic E-state index is 12.6. The Hall–Kier alpha value is -1.84. The molecule has 1 fully saturated rings. The second kappa shape index (κ2) is 7.05. The largest absolute Gasteiger partial charge is 0.417 e. The zero-order chi connectivity index (χ0) is 18.9. The second-order valence-corrected chi connectivity index (χ2v) is 8.06. The van der Waals surface area contributed by atoms with Gasteiger partial charge in [0.2, 0.25) is 10.0 Å². The summed E-state index contributed by atoms with van der Waals surface area (Å²) in [5.41, 5.74) is -0.819. The van der Waals surface area contributed by atoms with Crippen LogP contribution in [0.5, 0.6) is 0 Å². The Bertz CT molecular complexity index is 871. The number of alkyl halides is 3. The standard InChI is InChI=1S/C16H15ClF3N3O2S/c17-12-2-4-14(5-3-12)26(24,25)22-13-7-8-23(10-13)15-6-1-11(9-21-15)16(18,19)20/h1-6,9,13,22H,7-8,10H2. The first-order valence-electron chi connectivity index (χ1n) is 7.71. The topological polar surface area (TPSA) is 62.3 Å². The van der Waals surface area contributed by atoms with Gasteiger partial charge in [0, 0.05) is 30.4 Å². The highest BCUT2D eigenvalue weighted by atomic mass is 35.5. The third-order valence-corrected chi connectivity index (χ3v) is 5.82. The van der Waals surface area contributed by atoms with Crippen molar-refractivity contribution in [2.45, 2.75) is 23.5 Å². The van der Waals surface area contributed by atoms with Crippen LogP contribution in [0, 0.1) is 0 Å². The van der Waals surface area contributed by atoms with Gasteiger partial charge in [0.15, 0.2) is 0 Å². The first-order chi connectivity index (χ1) is 12.1. The molecule has 1 aliphatic heterocycles. The predicted octanol–water partition coefficient (Wildman–Crippen LogP) is 3.31. The third kappa shape index (κ3) is 4.28. The molecular weight excluding hydrogens is 391 g/mol. The van der Waals surface area contributed by atoms with Crippen molar-refractivity contribution >= 4 is 27.4 Å². The molecule has 2 aromatic rings. The molecule has 2 heterocycles. The molecule has 0 saturated carbocycles. The summed E-state index contributed by atoms with van der Waals surface area (Å²) < 4.78 is 65.2. The van der Waals surface area contributed by atoms with E-state index < -0.39 is 21.8 Å². The number of hydrogen-bond acceptors (Lipinski definition) is 4. The summed E-state index contributed by atoms with van der Waals surface area (Å²) in [5.74, 6) is 0.381. The van der Waals surface area contributed by atoms with E-state index in [0.717, 1.165) is 12.3 Å². The van der Waals surface area contributed by atoms with Gasteiger partial charge in [-0.25, -0.2) is 18.1 Å². The highest BCUT2D eigenvalue weighted by Gasteiger charge is 2.32. The molecule has 1 aromatic heterocycles. The fourth-order valence-electron chi connectivity index (χ4n) is 2.71. The third-order valence-electron chi connectivity index (χ3n) is 4.03. The lowest BCUT2D eigenvalue weighted by molar-refractivity contribution is -0.137. The van der Waals surface area contributed by atoms with E-state index in [1.54, 1.807) is 4.90 Å². The molecule has 0 spiro atoms. The smallest absolute Gasteiger partial charge is 0.355 e. The number of nitrogens with zero attached hydrogens (tertiary/aromatic N) is 2. The first-order valence-corrected chi connectivity index (χ1v) is 9.57. The van der Waals surface area contributed by atoms with E-state index in [2.05, 4.69) is 9.71 Å². The number of benzene rings is 1. The van der Waals surface area contributed by atoms with Crippen LogP contribution in [0.2, 0.25) is 5.02 Å². The van der Waals surface area contributed by atoms with Gasteiger partial charge in [-0.15, -0.1) is 0 Å². The van der Waals surface area contributed by atoms with Gasteiger partial charge in [-0.05, 0) is 42.8 Å². The molecule has 1 N–H and O–H groups in total. The molecule has 1 aromatic carbocycles. The van der Waals surface area contributed by atoms with Crippen LogP contribution in [0.1, 0.15) is 12.0 Å². The van der Waals surface area contributed by atoms with Crippen LogP contribution in [-0.4, -0.2) is 32.5 Å². The Kier molecular flexibility index (Phi) is 5.14. The molecule has 0 radical (unpaired) electrons. The summed E-state index contributed by atoms with van der Waals surface area (Å²) >= 11 is 5.76. The van der Waals surface area contributed by atoms with Crippen molar-refractivity contribution in [3.8, 4) is 0 Å². The average Bonchev–Trinajstić information content (AvgIpc) is 3.02. The molecule has 5 nitrogen and oxygen atoms in total. The average molecular weight is 406 g/mol. The molecule has 1 saturated heterocycles.